The van der Waals surface area contributed by atoms with Crippen molar-refractivity contribution < 1.29 is 0 Å². The van der Waals surface area contributed by atoms with Gasteiger partial charge in [-0.2, -0.15) is 0 Å². The van der Waals surface area contributed by atoms with E-state index in [9.17, 15) is 0 Å². The molecule has 25 heavy (non-hydrogen) atoms. The molecule has 0 saturated heterocycles. The number of hydrogen-bond acceptors (Lipinski definition) is 0. The molecule has 0 N–H and O–H groups in total. The molecule has 3 aromatic carbocycles. The van der Waals surface area contributed by atoms with Crippen molar-refractivity contribution in [1.29, 1.82) is 0 Å². The van der Waals surface area contributed by atoms with Crippen molar-refractivity contribution in [1.82, 2.24) is 0 Å². The fourth-order valence-electron chi connectivity index (χ4n) is 3.04. The predicted molar refractivity (Wildman–Crippen MR) is 109 cm³/mol. The molecule has 0 aliphatic heterocycles. The first-order valence-corrected chi connectivity index (χ1v) is 8.97. The van der Waals surface area contributed by atoms with Crippen molar-refractivity contribution in [3.8, 4) is 0 Å². The summed E-state index contributed by atoms with van der Waals surface area (Å²) in [4.78, 5) is 0. The van der Waals surface area contributed by atoms with Gasteiger partial charge in [-0.1, -0.05) is 98.8 Å². The highest BCUT2D eigenvalue weighted by Crippen LogP contribution is 2.23. The summed E-state index contributed by atoms with van der Waals surface area (Å²) in [5.74, 6) is 0.570. The van der Waals surface area contributed by atoms with Gasteiger partial charge in [0.15, 0.2) is 0 Å². The summed E-state index contributed by atoms with van der Waals surface area (Å²) >= 11 is 0. The van der Waals surface area contributed by atoms with Crippen LogP contribution in [-0.4, -0.2) is 0 Å². The van der Waals surface area contributed by atoms with Crippen molar-refractivity contribution in [3.63, 3.8) is 0 Å². The monoisotopic (exact) mass is 326 g/mol. The highest BCUT2D eigenvalue weighted by molar-refractivity contribution is 5.78. The smallest absolute Gasteiger partial charge is 0.00257 e. The second kappa shape index (κ2) is 7.53. The zero-order chi connectivity index (χ0) is 17.8. The molecule has 0 heterocycles. The third-order valence-electron chi connectivity index (χ3n) is 4.73. The zero-order valence-corrected chi connectivity index (χ0v) is 15.4. The Morgan fingerprint density at radius 3 is 2.00 bits per heavy atom. The molecular formula is C25H26. The summed E-state index contributed by atoms with van der Waals surface area (Å²) < 4.78 is 0. The highest BCUT2D eigenvalue weighted by atomic mass is 14.1. The third-order valence-corrected chi connectivity index (χ3v) is 4.73. The van der Waals surface area contributed by atoms with E-state index >= 15 is 0 Å². The molecule has 0 radical (unpaired) electrons. The molecule has 3 rings (SSSR count). The highest BCUT2D eigenvalue weighted by Gasteiger charge is 2.04. The summed E-state index contributed by atoms with van der Waals surface area (Å²) in [5, 5.41) is 0. The molecular weight excluding hydrogens is 300 g/mol. The predicted octanol–water partition coefficient (Wildman–Crippen LogP) is 6.77. The number of rotatable bonds is 5. The Labute approximate surface area is 151 Å². The number of aryl methyl sites for hydroxylation is 1. The van der Waals surface area contributed by atoms with E-state index in [0.29, 0.717) is 5.92 Å². The van der Waals surface area contributed by atoms with Crippen molar-refractivity contribution in [3.05, 3.63) is 113 Å². The largest absolute Gasteiger partial charge is 0.0906 e. The lowest BCUT2D eigenvalue weighted by atomic mass is 9.95. The molecule has 0 aromatic heterocycles. The Balaban J connectivity index is 1.75. The average molecular weight is 326 g/mol. The summed E-state index contributed by atoms with van der Waals surface area (Å²) in [5.41, 5.74) is 8.83. The van der Waals surface area contributed by atoms with Crippen LogP contribution in [0.3, 0.4) is 0 Å². The van der Waals surface area contributed by atoms with E-state index in [4.69, 9.17) is 0 Å². The van der Waals surface area contributed by atoms with Crippen LogP contribution >= 0.6 is 0 Å². The lowest BCUT2D eigenvalue weighted by Crippen LogP contribution is -1.93. The first-order valence-electron chi connectivity index (χ1n) is 8.97. The number of benzene rings is 3. The fraction of sp³-hybridized carbons (Fsp3) is 0.200. The van der Waals surface area contributed by atoms with Crippen LogP contribution in [0.15, 0.2) is 79.4 Å². The van der Waals surface area contributed by atoms with E-state index in [-0.39, 0.29) is 0 Å². The van der Waals surface area contributed by atoms with Gasteiger partial charge in [0.1, 0.15) is 0 Å². The maximum Gasteiger partial charge on any atom is -0.00257 e. The van der Waals surface area contributed by atoms with Gasteiger partial charge in [0.05, 0.1) is 0 Å². The fourth-order valence-corrected chi connectivity index (χ4v) is 3.04. The molecule has 3 aromatic rings. The SMILES string of the molecule is C=C(c1ccc(C)cc1)c1ccc(Cc2cccc(C(C)C)c2)cc1. The van der Waals surface area contributed by atoms with Gasteiger partial charge in [-0.25, -0.2) is 0 Å². The van der Waals surface area contributed by atoms with E-state index < -0.39 is 0 Å². The third kappa shape index (κ3) is 4.28. The van der Waals surface area contributed by atoms with E-state index in [0.717, 1.165) is 12.0 Å². The Hall–Kier alpha value is -2.60. The molecule has 126 valence electrons. The minimum absolute atomic E-state index is 0.570. The number of hydrogen-bond donors (Lipinski definition) is 0. The van der Waals surface area contributed by atoms with Crippen LogP contribution in [0.2, 0.25) is 0 Å². The second-order valence-electron chi connectivity index (χ2n) is 7.12. The first kappa shape index (κ1) is 17.2. The van der Waals surface area contributed by atoms with Crippen LogP contribution in [0.5, 0.6) is 0 Å². The lowest BCUT2D eigenvalue weighted by Gasteiger charge is -2.10. The molecule has 0 unspecified atom stereocenters. The molecule has 0 aliphatic rings. The van der Waals surface area contributed by atoms with Crippen LogP contribution < -0.4 is 0 Å². The molecule has 0 fully saturated rings. The van der Waals surface area contributed by atoms with Crippen molar-refractivity contribution in [2.45, 2.75) is 33.1 Å². The second-order valence-corrected chi connectivity index (χ2v) is 7.12. The first-order chi connectivity index (χ1) is 12.0. The summed E-state index contributed by atoms with van der Waals surface area (Å²) in [6.07, 6.45) is 0.970. The Bertz CT molecular complexity index is 849. The van der Waals surface area contributed by atoms with Gasteiger partial charge in [0.2, 0.25) is 0 Å². The van der Waals surface area contributed by atoms with Crippen molar-refractivity contribution in [2.75, 3.05) is 0 Å². The maximum atomic E-state index is 4.27. The van der Waals surface area contributed by atoms with Gasteiger partial charge in [0.25, 0.3) is 0 Å². The van der Waals surface area contributed by atoms with E-state index in [2.05, 4.69) is 100 Å². The quantitative estimate of drug-likeness (QED) is 0.485. The van der Waals surface area contributed by atoms with Gasteiger partial charge in [-0.15, -0.1) is 0 Å². The van der Waals surface area contributed by atoms with Crippen LogP contribution in [0.4, 0.5) is 0 Å². The molecule has 0 heteroatoms. The maximum absolute atomic E-state index is 4.27. The van der Waals surface area contributed by atoms with Crippen molar-refractivity contribution in [2.24, 2.45) is 0 Å². The molecule has 0 nitrogen and oxygen atoms in total. The van der Waals surface area contributed by atoms with Crippen LogP contribution in [0, 0.1) is 6.92 Å². The molecule has 0 amide bonds. The summed E-state index contributed by atoms with van der Waals surface area (Å²) in [6, 6.07) is 26.3. The Morgan fingerprint density at radius 1 is 0.800 bits per heavy atom. The van der Waals surface area contributed by atoms with Gasteiger partial charge in [0, 0.05) is 0 Å². The van der Waals surface area contributed by atoms with Crippen LogP contribution in [0.25, 0.3) is 5.57 Å². The van der Waals surface area contributed by atoms with Gasteiger partial charge < -0.3 is 0 Å². The zero-order valence-electron chi connectivity index (χ0n) is 15.4. The van der Waals surface area contributed by atoms with E-state index in [1.54, 1.807) is 0 Å². The summed E-state index contributed by atoms with van der Waals surface area (Å²) in [7, 11) is 0. The Kier molecular flexibility index (Phi) is 5.19. The minimum atomic E-state index is 0.570. The minimum Gasteiger partial charge on any atom is -0.0906 e. The molecule has 0 atom stereocenters. The standard InChI is InChI=1S/C25H26/c1-18(2)25-7-5-6-22(17-25)16-21-10-14-24(15-11-21)20(4)23-12-8-19(3)9-13-23/h5-15,17-18H,4,16H2,1-3H3. The van der Waals surface area contributed by atoms with Gasteiger partial charge in [-0.05, 0) is 52.7 Å². The van der Waals surface area contributed by atoms with Gasteiger partial charge in [-0.3, -0.25) is 0 Å². The average Bonchev–Trinajstić information content (AvgIpc) is 2.63. The Morgan fingerprint density at radius 2 is 1.40 bits per heavy atom. The van der Waals surface area contributed by atoms with Gasteiger partial charge >= 0.3 is 0 Å². The van der Waals surface area contributed by atoms with Crippen LogP contribution in [-0.2, 0) is 6.42 Å². The van der Waals surface area contributed by atoms with Crippen molar-refractivity contribution >= 4 is 5.57 Å². The van der Waals surface area contributed by atoms with Crippen LogP contribution in [0.1, 0.15) is 53.1 Å². The molecule has 0 bridgehead atoms. The molecule has 0 spiro atoms. The molecule has 0 saturated carbocycles. The summed E-state index contributed by atoms with van der Waals surface area (Å²) in [6.45, 7) is 10.9. The normalized spacial score (nSPS) is 10.9. The molecule has 0 aliphatic carbocycles. The van der Waals surface area contributed by atoms with E-state index in [1.165, 1.54) is 33.4 Å². The van der Waals surface area contributed by atoms with E-state index in [1.807, 2.05) is 0 Å². The topological polar surface area (TPSA) is 0 Å². The lowest BCUT2D eigenvalue weighted by molar-refractivity contribution is 0.863.